The number of likely N-dealkylation sites (tertiary alicyclic amines) is 1. The molecule has 0 atom stereocenters. The maximum Gasteiger partial charge on any atom is 0.253 e. The molecule has 2 saturated heterocycles. The van der Waals surface area contributed by atoms with Crippen molar-refractivity contribution in [3.8, 4) is 0 Å². The van der Waals surface area contributed by atoms with E-state index in [-0.39, 0.29) is 17.7 Å². The maximum atomic E-state index is 12.4. The average Bonchev–Trinajstić information content (AvgIpc) is 2.87. The van der Waals surface area contributed by atoms with E-state index in [9.17, 15) is 13.2 Å². The lowest BCUT2D eigenvalue weighted by molar-refractivity contribution is 0.0681. The largest absolute Gasteiger partial charge is 0.399 e. The summed E-state index contributed by atoms with van der Waals surface area (Å²) in [6.45, 7) is 1.82. The predicted molar refractivity (Wildman–Crippen MR) is 84.9 cm³/mol. The zero-order valence-electron chi connectivity index (χ0n) is 12.4. The highest BCUT2D eigenvalue weighted by atomic mass is 32.2. The van der Waals surface area contributed by atoms with E-state index in [0.29, 0.717) is 50.1 Å². The van der Waals surface area contributed by atoms with Gasteiger partial charge in [0, 0.05) is 36.9 Å². The van der Waals surface area contributed by atoms with Gasteiger partial charge in [-0.1, -0.05) is 0 Å². The Hall–Kier alpha value is -1.60. The van der Waals surface area contributed by atoms with Gasteiger partial charge in [0.15, 0.2) is 0 Å². The number of nitrogens with two attached hydrogens (primary N) is 1. The van der Waals surface area contributed by atoms with Crippen LogP contribution < -0.4 is 5.73 Å². The van der Waals surface area contributed by atoms with Crippen LogP contribution >= 0.6 is 0 Å². The Balaban J connectivity index is 1.62. The van der Waals surface area contributed by atoms with Gasteiger partial charge in [0.2, 0.25) is 10.0 Å². The van der Waals surface area contributed by atoms with Crippen molar-refractivity contribution in [2.75, 3.05) is 31.1 Å². The van der Waals surface area contributed by atoms with E-state index in [1.165, 1.54) is 0 Å². The maximum absolute atomic E-state index is 12.4. The van der Waals surface area contributed by atoms with Crippen LogP contribution in [0, 0.1) is 0 Å². The van der Waals surface area contributed by atoms with Crippen molar-refractivity contribution in [2.24, 2.45) is 0 Å². The van der Waals surface area contributed by atoms with Crippen molar-refractivity contribution in [1.82, 2.24) is 9.21 Å². The van der Waals surface area contributed by atoms with E-state index in [4.69, 9.17) is 5.73 Å². The number of sulfonamides is 1. The summed E-state index contributed by atoms with van der Waals surface area (Å²) >= 11 is 0. The number of hydrogen-bond donors (Lipinski definition) is 1. The predicted octanol–water partition coefficient (Wildman–Crippen LogP) is 0.909. The fourth-order valence-corrected chi connectivity index (χ4v) is 5.03. The molecule has 0 spiro atoms. The monoisotopic (exact) mass is 323 g/mol. The number of carbonyl (C=O) groups is 1. The SMILES string of the molecule is Nc1ccc(C(=O)N2CCC(N3CCCS3(=O)=O)CC2)cc1. The van der Waals surface area contributed by atoms with Gasteiger partial charge >= 0.3 is 0 Å². The van der Waals surface area contributed by atoms with Crippen LogP contribution in [0.5, 0.6) is 0 Å². The standard InChI is InChI=1S/C15H21N3O3S/c16-13-4-2-12(3-5-13)15(19)17-9-6-14(7-10-17)18-8-1-11-22(18,20)21/h2-5,14H,1,6-11,16H2. The van der Waals surface area contributed by atoms with Gasteiger partial charge in [-0.15, -0.1) is 0 Å². The van der Waals surface area contributed by atoms with Crippen LogP contribution in [0.25, 0.3) is 0 Å². The van der Waals surface area contributed by atoms with Crippen molar-refractivity contribution < 1.29 is 13.2 Å². The molecular weight excluding hydrogens is 302 g/mol. The van der Waals surface area contributed by atoms with Gasteiger partial charge in [-0.05, 0) is 43.5 Å². The number of anilines is 1. The Morgan fingerprint density at radius 1 is 1.09 bits per heavy atom. The molecule has 120 valence electrons. The molecule has 1 aromatic rings. The molecule has 2 N–H and O–H groups in total. The first-order chi connectivity index (χ1) is 10.5. The Morgan fingerprint density at radius 3 is 2.27 bits per heavy atom. The lowest BCUT2D eigenvalue weighted by atomic mass is 10.0. The smallest absolute Gasteiger partial charge is 0.253 e. The van der Waals surface area contributed by atoms with Crippen LogP contribution in [-0.2, 0) is 10.0 Å². The molecule has 0 bridgehead atoms. The van der Waals surface area contributed by atoms with Gasteiger partial charge in [0.25, 0.3) is 5.91 Å². The van der Waals surface area contributed by atoms with Crippen LogP contribution in [0.2, 0.25) is 0 Å². The number of benzene rings is 1. The van der Waals surface area contributed by atoms with Gasteiger partial charge in [-0.25, -0.2) is 8.42 Å². The summed E-state index contributed by atoms with van der Waals surface area (Å²) in [6.07, 6.45) is 2.13. The number of piperidine rings is 1. The first kappa shape index (κ1) is 15.3. The van der Waals surface area contributed by atoms with Gasteiger partial charge in [-0.2, -0.15) is 4.31 Å². The quantitative estimate of drug-likeness (QED) is 0.820. The summed E-state index contributed by atoms with van der Waals surface area (Å²) in [6, 6.07) is 6.94. The lowest BCUT2D eigenvalue weighted by Crippen LogP contribution is -2.47. The minimum absolute atomic E-state index is 0.0114. The Morgan fingerprint density at radius 2 is 1.73 bits per heavy atom. The summed E-state index contributed by atoms with van der Waals surface area (Å²) in [7, 11) is -3.07. The summed E-state index contributed by atoms with van der Waals surface area (Å²) in [4.78, 5) is 14.2. The molecule has 22 heavy (non-hydrogen) atoms. The van der Waals surface area contributed by atoms with E-state index in [1.54, 1.807) is 33.5 Å². The van der Waals surface area contributed by atoms with E-state index < -0.39 is 10.0 Å². The highest BCUT2D eigenvalue weighted by molar-refractivity contribution is 7.89. The molecule has 2 fully saturated rings. The Bertz CT molecular complexity index is 649. The molecule has 2 heterocycles. The van der Waals surface area contributed by atoms with Gasteiger partial charge in [0.1, 0.15) is 0 Å². The molecule has 2 aliphatic heterocycles. The minimum atomic E-state index is -3.07. The van der Waals surface area contributed by atoms with E-state index >= 15 is 0 Å². The molecule has 0 saturated carbocycles. The molecule has 0 aliphatic carbocycles. The number of amides is 1. The Labute approximate surface area is 130 Å². The van der Waals surface area contributed by atoms with E-state index in [2.05, 4.69) is 0 Å². The molecule has 1 amide bonds. The molecule has 2 aliphatic rings. The first-order valence-corrected chi connectivity index (χ1v) is 9.22. The highest BCUT2D eigenvalue weighted by Gasteiger charge is 2.36. The fourth-order valence-electron chi connectivity index (χ4n) is 3.23. The van der Waals surface area contributed by atoms with E-state index in [1.807, 2.05) is 0 Å². The van der Waals surface area contributed by atoms with Crippen LogP contribution in [0.1, 0.15) is 29.6 Å². The molecule has 3 rings (SSSR count). The Kier molecular flexibility index (Phi) is 4.10. The number of rotatable bonds is 2. The summed E-state index contributed by atoms with van der Waals surface area (Å²) in [5.74, 6) is 0.250. The third-order valence-electron chi connectivity index (χ3n) is 4.45. The molecule has 7 heteroatoms. The van der Waals surface area contributed by atoms with Crippen LogP contribution in [0.15, 0.2) is 24.3 Å². The lowest BCUT2D eigenvalue weighted by Gasteiger charge is -2.35. The second kappa shape index (κ2) is 5.89. The number of nitrogen functional groups attached to an aromatic ring is 1. The highest BCUT2D eigenvalue weighted by Crippen LogP contribution is 2.25. The molecule has 0 radical (unpaired) electrons. The minimum Gasteiger partial charge on any atom is -0.399 e. The zero-order chi connectivity index (χ0) is 15.7. The second-order valence-electron chi connectivity index (χ2n) is 5.93. The van der Waals surface area contributed by atoms with Gasteiger partial charge in [-0.3, -0.25) is 4.79 Å². The molecular formula is C15H21N3O3S. The average molecular weight is 323 g/mol. The number of carbonyl (C=O) groups excluding carboxylic acids is 1. The van der Waals surface area contributed by atoms with Crippen molar-refractivity contribution in [1.29, 1.82) is 0 Å². The molecule has 0 aromatic heterocycles. The normalized spacial score (nSPS) is 22.8. The second-order valence-corrected chi connectivity index (χ2v) is 7.97. The number of hydrogen-bond acceptors (Lipinski definition) is 4. The topological polar surface area (TPSA) is 83.7 Å². The number of nitrogens with zero attached hydrogens (tertiary/aromatic N) is 2. The van der Waals surface area contributed by atoms with Crippen LogP contribution in [0.4, 0.5) is 5.69 Å². The van der Waals surface area contributed by atoms with Crippen molar-refractivity contribution >= 4 is 21.6 Å². The molecule has 1 aromatic carbocycles. The fraction of sp³-hybridized carbons (Fsp3) is 0.533. The molecule has 0 unspecified atom stereocenters. The summed E-state index contributed by atoms with van der Waals surface area (Å²) in [5.41, 5.74) is 6.89. The summed E-state index contributed by atoms with van der Waals surface area (Å²) in [5, 5.41) is 0. The van der Waals surface area contributed by atoms with Crippen molar-refractivity contribution in [3.63, 3.8) is 0 Å². The third kappa shape index (κ3) is 2.96. The van der Waals surface area contributed by atoms with Gasteiger partial charge < -0.3 is 10.6 Å². The first-order valence-electron chi connectivity index (χ1n) is 7.62. The molecule has 6 nitrogen and oxygen atoms in total. The summed E-state index contributed by atoms with van der Waals surface area (Å²) < 4.78 is 25.6. The van der Waals surface area contributed by atoms with Crippen molar-refractivity contribution in [2.45, 2.75) is 25.3 Å². The third-order valence-corrected chi connectivity index (χ3v) is 6.45. The van der Waals surface area contributed by atoms with Crippen LogP contribution in [-0.4, -0.2) is 55.0 Å². The van der Waals surface area contributed by atoms with E-state index in [0.717, 1.165) is 0 Å². The zero-order valence-corrected chi connectivity index (χ0v) is 13.3. The van der Waals surface area contributed by atoms with Crippen LogP contribution in [0.3, 0.4) is 0 Å². The van der Waals surface area contributed by atoms with Crippen molar-refractivity contribution in [3.05, 3.63) is 29.8 Å². The van der Waals surface area contributed by atoms with Gasteiger partial charge in [0.05, 0.1) is 5.75 Å².